The molecule has 1 aliphatic carbocycles. The van der Waals surface area contributed by atoms with Gasteiger partial charge in [-0.2, -0.15) is 0 Å². The average Bonchev–Trinajstić information content (AvgIpc) is 2.36. The number of hydrogen-bond donors (Lipinski definition) is 2. The minimum atomic E-state index is 0. The van der Waals surface area contributed by atoms with Gasteiger partial charge in [-0.05, 0) is 12.8 Å². The van der Waals surface area contributed by atoms with Crippen molar-refractivity contribution in [1.29, 1.82) is 0 Å². The van der Waals surface area contributed by atoms with E-state index >= 15 is 0 Å². The summed E-state index contributed by atoms with van der Waals surface area (Å²) in [5, 5.41) is 8.94. The number of rotatable bonds is 2. The molecule has 1 fully saturated rings. The van der Waals surface area contributed by atoms with Crippen LogP contribution in [-0.4, -0.2) is 18.3 Å². The van der Waals surface area contributed by atoms with Crippen molar-refractivity contribution in [2.75, 3.05) is 13.2 Å². The highest BCUT2D eigenvalue weighted by atomic mass is 35.5. The maximum absolute atomic E-state index is 8.94. The van der Waals surface area contributed by atoms with Crippen LogP contribution >= 0.6 is 12.4 Å². The van der Waals surface area contributed by atoms with Crippen LogP contribution in [0.25, 0.3) is 0 Å². The summed E-state index contributed by atoms with van der Waals surface area (Å²) in [4.78, 5) is 0. The third-order valence-electron chi connectivity index (χ3n) is 2.43. The van der Waals surface area contributed by atoms with Crippen LogP contribution in [0.2, 0.25) is 0 Å². The minimum absolute atomic E-state index is 0. The van der Waals surface area contributed by atoms with Gasteiger partial charge in [-0.15, -0.1) is 12.4 Å². The second kappa shape index (κ2) is 4.16. The van der Waals surface area contributed by atoms with Crippen molar-refractivity contribution in [3.8, 4) is 0 Å². The van der Waals surface area contributed by atoms with Crippen LogP contribution in [0.15, 0.2) is 0 Å². The van der Waals surface area contributed by atoms with Gasteiger partial charge in [0, 0.05) is 18.6 Å². The molecule has 0 aromatic rings. The van der Waals surface area contributed by atoms with Crippen LogP contribution in [0.5, 0.6) is 0 Å². The molecule has 2 nitrogen and oxygen atoms in total. The molecule has 1 rings (SSSR count). The van der Waals surface area contributed by atoms with Crippen LogP contribution in [0.3, 0.4) is 0 Å². The molecule has 62 valence electrons. The van der Waals surface area contributed by atoms with Crippen molar-refractivity contribution in [2.45, 2.75) is 25.7 Å². The number of nitrogens with two attached hydrogens (primary N) is 1. The Morgan fingerprint density at radius 1 is 1.30 bits per heavy atom. The van der Waals surface area contributed by atoms with E-state index in [9.17, 15) is 0 Å². The number of hydrogen-bond acceptors (Lipinski definition) is 2. The molecule has 10 heavy (non-hydrogen) atoms. The molecular formula is C7H16ClNO. The molecule has 0 bridgehead atoms. The highest BCUT2D eigenvalue weighted by Gasteiger charge is 2.31. The first-order valence-electron chi connectivity index (χ1n) is 3.64. The largest absolute Gasteiger partial charge is 0.396 e. The summed E-state index contributed by atoms with van der Waals surface area (Å²) in [5.41, 5.74) is 5.63. The van der Waals surface area contributed by atoms with Crippen molar-refractivity contribution in [3.63, 3.8) is 0 Å². The number of halogens is 1. The lowest BCUT2D eigenvalue weighted by molar-refractivity contribution is 0.138. The SMILES string of the molecule is Cl.NCC1(CO)CCCC1. The van der Waals surface area contributed by atoms with Gasteiger partial charge < -0.3 is 10.8 Å². The quantitative estimate of drug-likeness (QED) is 0.640. The highest BCUT2D eigenvalue weighted by molar-refractivity contribution is 5.85. The Kier molecular flexibility index (Phi) is 4.25. The maximum Gasteiger partial charge on any atom is 0.0499 e. The van der Waals surface area contributed by atoms with Crippen molar-refractivity contribution < 1.29 is 5.11 Å². The summed E-state index contributed by atoms with van der Waals surface area (Å²) in [5.74, 6) is 0. The van der Waals surface area contributed by atoms with Gasteiger partial charge in [-0.25, -0.2) is 0 Å². The third kappa shape index (κ3) is 1.84. The Morgan fingerprint density at radius 2 is 1.80 bits per heavy atom. The van der Waals surface area contributed by atoms with E-state index in [0.29, 0.717) is 6.54 Å². The predicted molar refractivity (Wildman–Crippen MR) is 44.3 cm³/mol. The van der Waals surface area contributed by atoms with E-state index in [4.69, 9.17) is 10.8 Å². The Morgan fingerprint density at radius 3 is 2.00 bits per heavy atom. The number of aliphatic hydroxyl groups excluding tert-OH is 1. The van der Waals surface area contributed by atoms with Gasteiger partial charge in [-0.1, -0.05) is 12.8 Å². The molecule has 3 heteroatoms. The van der Waals surface area contributed by atoms with E-state index in [0.717, 1.165) is 12.8 Å². The van der Waals surface area contributed by atoms with Crippen LogP contribution in [0.4, 0.5) is 0 Å². The van der Waals surface area contributed by atoms with E-state index < -0.39 is 0 Å². The summed E-state index contributed by atoms with van der Waals surface area (Å²) in [6.45, 7) is 0.938. The molecule has 0 amide bonds. The fourth-order valence-electron chi connectivity index (χ4n) is 1.55. The van der Waals surface area contributed by atoms with Gasteiger partial charge in [0.2, 0.25) is 0 Å². The van der Waals surface area contributed by atoms with Gasteiger partial charge in [-0.3, -0.25) is 0 Å². The van der Waals surface area contributed by atoms with Crippen molar-refractivity contribution >= 4 is 12.4 Å². The first-order valence-corrected chi connectivity index (χ1v) is 3.64. The fourth-order valence-corrected chi connectivity index (χ4v) is 1.55. The molecule has 0 aliphatic heterocycles. The van der Waals surface area contributed by atoms with E-state index in [1.807, 2.05) is 0 Å². The van der Waals surface area contributed by atoms with Gasteiger partial charge in [0.15, 0.2) is 0 Å². The molecule has 0 aromatic heterocycles. The Labute approximate surface area is 68.2 Å². The molecule has 0 saturated heterocycles. The van der Waals surface area contributed by atoms with E-state index in [1.165, 1.54) is 12.8 Å². The maximum atomic E-state index is 8.94. The fraction of sp³-hybridized carbons (Fsp3) is 1.00. The summed E-state index contributed by atoms with van der Waals surface area (Å²) >= 11 is 0. The van der Waals surface area contributed by atoms with Crippen molar-refractivity contribution in [2.24, 2.45) is 11.1 Å². The summed E-state index contributed by atoms with van der Waals surface area (Å²) in [6, 6.07) is 0. The van der Waals surface area contributed by atoms with Gasteiger partial charge >= 0.3 is 0 Å². The summed E-state index contributed by atoms with van der Waals surface area (Å²) in [7, 11) is 0. The molecule has 0 unspecified atom stereocenters. The summed E-state index contributed by atoms with van der Waals surface area (Å²) < 4.78 is 0. The van der Waals surface area contributed by atoms with E-state index in [2.05, 4.69) is 0 Å². The minimum Gasteiger partial charge on any atom is -0.396 e. The normalized spacial score (nSPS) is 22.2. The third-order valence-corrected chi connectivity index (χ3v) is 2.43. The molecule has 0 heterocycles. The predicted octanol–water partition coefficient (Wildman–Crippen LogP) is 0.920. The molecule has 0 aromatic carbocycles. The lowest BCUT2D eigenvalue weighted by atomic mass is 9.88. The first kappa shape index (κ1) is 10.2. The second-order valence-corrected chi connectivity index (χ2v) is 3.07. The zero-order valence-corrected chi connectivity index (χ0v) is 6.99. The van der Waals surface area contributed by atoms with Crippen molar-refractivity contribution in [3.05, 3.63) is 0 Å². The zero-order valence-electron chi connectivity index (χ0n) is 6.18. The summed E-state index contributed by atoms with van der Waals surface area (Å²) in [6.07, 6.45) is 4.75. The lowest BCUT2D eigenvalue weighted by Crippen LogP contribution is -2.30. The molecule has 0 atom stereocenters. The molecule has 0 spiro atoms. The van der Waals surface area contributed by atoms with E-state index in [-0.39, 0.29) is 24.4 Å². The zero-order chi connectivity index (χ0) is 6.74. The molecular weight excluding hydrogens is 150 g/mol. The average molecular weight is 166 g/mol. The van der Waals surface area contributed by atoms with Crippen molar-refractivity contribution in [1.82, 2.24) is 0 Å². The van der Waals surface area contributed by atoms with Gasteiger partial charge in [0.05, 0.1) is 0 Å². The van der Waals surface area contributed by atoms with Crippen LogP contribution in [0.1, 0.15) is 25.7 Å². The van der Waals surface area contributed by atoms with Crippen LogP contribution in [-0.2, 0) is 0 Å². The van der Waals surface area contributed by atoms with E-state index in [1.54, 1.807) is 0 Å². The Balaban J connectivity index is 0.000000810. The molecule has 3 N–H and O–H groups in total. The van der Waals surface area contributed by atoms with Gasteiger partial charge in [0.1, 0.15) is 0 Å². The topological polar surface area (TPSA) is 46.2 Å². The Bertz CT molecular complexity index is 85.6. The standard InChI is InChI=1S/C7H15NO.ClH/c8-5-7(6-9)3-1-2-4-7;/h9H,1-6,8H2;1H. The van der Waals surface area contributed by atoms with Crippen LogP contribution < -0.4 is 5.73 Å². The number of aliphatic hydroxyl groups is 1. The second-order valence-electron chi connectivity index (χ2n) is 3.07. The van der Waals surface area contributed by atoms with Crippen LogP contribution in [0, 0.1) is 5.41 Å². The molecule has 1 saturated carbocycles. The smallest absolute Gasteiger partial charge is 0.0499 e. The molecule has 1 aliphatic rings. The van der Waals surface area contributed by atoms with Gasteiger partial charge in [0.25, 0.3) is 0 Å². The Hall–Kier alpha value is 0.210. The highest BCUT2D eigenvalue weighted by Crippen LogP contribution is 2.36. The monoisotopic (exact) mass is 165 g/mol. The first-order chi connectivity index (χ1) is 4.33. The molecule has 0 radical (unpaired) electrons. The lowest BCUT2D eigenvalue weighted by Gasteiger charge is -2.23.